The SMILES string of the molecule is C=Cc1cc([N+](=O)[O-])cc2c1OC1(C=C2)[Se]c2ccccc2N1CCCCCCCCCCCCCCCCCC. The van der Waals surface area contributed by atoms with Crippen molar-refractivity contribution in [3.05, 3.63) is 70.3 Å². The molecule has 1 spiro atoms. The van der Waals surface area contributed by atoms with Crippen molar-refractivity contribution in [2.75, 3.05) is 11.4 Å². The first kappa shape index (κ1) is 31.4. The summed E-state index contributed by atoms with van der Waals surface area (Å²) >= 11 is 0.0487. The van der Waals surface area contributed by atoms with E-state index in [1.807, 2.05) is 6.08 Å². The van der Waals surface area contributed by atoms with E-state index in [0.717, 1.165) is 18.5 Å². The molecule has 5 nitrogen and oxygen atoms in total. The summed E-state index contributed by atoms with van der Waals surface area (Å²) < 4.78 is 7.58. The van der Waals surface area contributed by atoms with Gasteiger partial charge in [-0.2, -0.15) is 0 Å². The van der Waals surface area contributed by atoms with Crippen LogP contribution in [0.5, 0.6) is 5.75 Å². The third-order valence-corrected chi connectivity index (χ3v) is 11.0. The first-order valence-corrected chi connectivity index (χ1v) is 17.7. The Morgan fingerprint density at radius 3 is 2.07 bits per heavy atom. The fourth-order valence-electron chi connectivity index (χ4n) is 5.97. The van der Waals surface area contributed by atoms with Crippen LogP contribution in [0.4, 0.5) is 11.4 Å². The van der Waals surface area contributed by atoms with E-state index in [1.165, 1.54) is 106 Å². The minimum absolute atomic E-state index is 0.0487. The molecule has 6 heteroatoms. The second kappa shape index (κ2) is 16.2. The quantitative estimate of drug-likeness (QED) is 0.0677. The monoisotopic (exact) mass is 624 g/mol. The number of ether oxygens (including phenoxy) is 1. The average molecular weight is 624 g/mol. The Labute approximate surface area is 253 Å². The van der Waals surface area contributed by atoms with Gasteiger partial charge in [0.25, 0.3) is 0 Å². The number of rotatable bonds is 19. The molecule has 0 aliphatic carbocycles. The van der Waals surface area contributed by atoms with Crippen molar-refractivity contribution >= 4 is 42.9 Å². The summed E-state index contributed by atoms with van der Waals surface area (Å²) in [6.45, 7) is 7.12. The number of nitro benzene ring substituents is 1. The fraction of sp³-hybridized carbons (Fsp3) is 0.543. The van der Waals surface area contributed by atoms with Gasteiger partial charge in [0.05, 0.1) is 0 Å². The first-order valence-electron chi connectivity index (χ1n) is 16.0. The molecular weight excluding hydrogens is 575 g/mol. The van der Waals surface area contributed by atoms with E-state index in [-0.39, 0.29) is 25.6 Å². The molecule has 1 atom stereocenters. The molecule has 0 radical (unpaired) electrons. The number of fused-ring (bicyclic) bond motifs is 2. The molecule has 0 bridgehead atoms. The zero-order valence-corrected chi connectivity index (χ0v) is 26.7. The van der Waals surface area contributed by atoms with E-state index in [4.69, 9.17) is 4.74 Å². The van der Waals surface area contributed by atoms with Crippen molar-refractivity contribution in [3.63, 3.8) is 0 Å². The van der Waals surface area contributed by atoms with Gasteiger partial charge in [-0.25, -0.2) is 0 Å². The Hall–Kier alpha value is -2.56. The van der Waals surface area contributed by atoms with Crippen LogP contribution >= 0.6 is 0 Å². The number of nitrogens with zero attached hydrogens (tertiary/aromatic N) is 2. The molecule has 2 aromatic rings. The molecule has 41 heavy (non-hydrogen) atoms. The summed E-state index contributed by atoms with van der Waals surface area (Å²) in [4.78, 5) is 13.5. The molecule has 0 saturated carbocycles. The van der Waals surface area contributed by atoms with Gasteiger partial charge in [-0.3, -0.25) is 0 Å². The topological polar surface area (TPSA) is 55.6 Å². The van der Waals surface area contributed by atoms with E-state index in [0.29, 0.717) is 11.3 Å². The van der Waals surface area contributed by atoms with E-state index >= 15 is 0 Å². The van der Waals surface area contributed by atoms with Crippen LogP contribution in [0.25, 0.3) is 12.2 Å². The number of anilines is 1. The maximum absolute atomic E-state index is 11.4. The average Bonchev–Trinajstić information content (AvgIpc) is 3.28. The molecule has 2 heterocycles. The molecule has 4 rings (SSSR count). The summed E-state index contributed by atoms with van der Waals surface area (Å²) in [5.41, 5.74) is 2.73. The van der Waals surface area contributed by atoms with Crippen molar-refractivity contribution in [3.8, 4) is 5.75 Å². The van der Waals surface area contributed by atoms with Crippen molar-refractivity contribution in [1.82, 2.24) is 0 Å². The maximum atomic E-state index is 11.4. The Bertz CT molecular complexity index is 1180. The number of benzene rings is 2. The standard InChI is InChI=1S/C35H48N2O3Se/c1-3-5-6-7-8-9-10-11-12-13-14-15-16-17-18-21-26-36-32-22-19-20-23-33(32)41-35(36)25-24-30-28-31(37(38)39)27-29(4-2)34(30)40-35/h4,19-20,22-25,27-28H,2-3,5-18,21,26H2,1H3. The smallest absolute Gasteiger partial charge is 0.0654 e. The number of unbranched alkanes of at least 4 members (excludes halogenated alkanes) is 15. The Balaban J connectivity index is 1.21. The predicted molar refractivity (Wildman–Crippen MR) is 174 cm³/mol. The van der Waals surface area contributed by atoms with Crippen LogP contribution in [0, 0.1) is 10.1 Å². The molecule has 2 aromatic carbocycles. The van der Waals surface area contributed by atoms with Crippen molar-refractivity contribution in [2.45, 2.75) is 114 Å². The summed E-state index contributed by atoms with van der Waals surface area (Å²) in [5, 5.41) is 11.4. The van der Waals surface area contributed by atoms with Crippen molar-refractivity contribution < 1.29 is 9.66 Å². The van der Waals surface area contributed by atoms with Gasteiger partial charge < -0.3 is 0 Å². The van der Waals surface area contributed by atoms with Gasteiger partial charge in [-0.15, -0.1) is 0 Å². The van der Waals surface area contributed by atoms with Crippen molar-refractivity contribution in [1.29, 1.82) is 0 Å². The summed E-state index contributed by atoms with van der Waals surface area (Å²) in [6.07, 6.45) is 27.6. The zero-order chi connectivity index (χ0) is 28.9. The Morgan fingerprint density at radius 2 is 1.49 bits per heavy atom. The number of non-ortho nitro benzene ring substituents is 1. The predicted octanol–water partition coefficient (Wildman–Crippen LogP) is 9.41. The van der Waals surface area contributed by atoms with Crippen LogP contribution in [0.3, 0.4) is 0 Å². The van der Waals surface area contributed by atoms with Crippen molar-refractivity contribution in [2.24, 2.45) is 0 Å². The summed E-state index contributed by atoms with van der Waals surface area (Å²) in [6, 6.07) is 11.8. The summed E-state index contributed by atoms with van der Waals surface area (Å²) in [5.74, 6) is 0.694. The molecular formula is C35H48N2O3Se. The second-order valence-corrected chi connectivity index (χ2v) is 14.1. The summed E-state index contributed by atoms with van der Waals surface area (Å²) in [7, 11) is 0. The minimum atomic E-state index is -0.549. The minimum Gasteiger partial charge on any atom is -0.0654 e. The van der Waals surface area contributed by atoms with E-state index in [1.54, 1.807) is 18.2 Å². The van der Waals surface area contributed by atoms with Crippen LogP contribution in [-0.4, -0.2) is 31.0 Å². The molecule has 0 amide bonds. The van der Waals surface area contributed by atoms with Gasteiger partial charge in [0.15, 0.2) is 0 Å². The Kier molecular flexibility index (Phi) is 12.4. The van der Waals surface area contributed by atoms with Crippen LogP contribution in [0.15, 0.2) is 49.1 Å². The fourth-order valence-corrected chi connectivity index (χ4v) is 8.71. The zero-order valence-electron chi connectivity index (χ0n) is 25.0. The third-order valence-electron chi connectivity index (χ3n) is 8.31. The molecule has 0 aromatic heterocycles. The van der Waals surface area contributed by atoms with Crippen LogP contribution in [-0.2, 0) is 0 Å². The number of para-hydroxylation sites is 1. The normalized spacial score (nSPS) is 17.0. The van der Waals surface area contributed by atoms with Crippen LogP contribution in [0.1, 0.15) is 121 Å². The molecule has 2 aliphatic heterocycles. The van der Waals surface area contributed by atoms with E-state index < -0.39 is 4.62 Å². The van der Waals surface area contributed by atoms with Gasteiger partial charge in [-0.05, 0) is 0 Å². The first-order chi connectivity index (χ1) is 20.1. The van der Waals surface area contributed by atoms with Gasteiger partial charge in [0.2, 0.25) is 0 Å². The Morgan fingerprint density at radius 1 is 0.902 bits per heavy atom. The molecule has 2 aliphatic rings. The number of nitro groups is 1. The van der Waals surface area contributed by atoms with Crippen LogP contribution < -0.4 is 14.1 Å². The van der Waals surface area contributed by atoms with Crippen LogP contribution in [0.2, 0.25) is 0 Å². The molecule has 0 fully saturated rings. The molecule has 0 saturated heterocycles. The molecule has 222 valence electrons. The third kappa shape index (κ3) is 8.49. The second-order valence-electron chi connectivity index (χ2n) is 11.5. The van der Waals surface area contributed by atoms with Gasteiger partial charge in [-0.1, -0.05) is 51.9 Å². The van der Waals surface area contributed by atoms with Gasteiger partial charge in [0.1, 0.15) is 0 Å². The molecule has 1 unspecified atom stereocenters. The number of hydrogen-bond acceptors (Lipinski definition) is 4. The van der Waals surface area contributed by atoms with E-state index in [9.17, 15) is 10.1 Å². The van der Waals surface area contributed by atoms with Gasteiger partial charge in [0, 0.05) is 0 Å². The molecule has 0 N–H and O–H groups in total. The van der Waals surface area contributed by atoms with E-state index in [2.05, 4.69) is 48.7 Å². The van der Waals surface area contributed by atoms with Gasteiger partial charge >= 0.3 is 203 Å². The number of hydrogen-bond donors (Lipinski definition) is 0.